The Morgan fingerprint density at radius 3 is 2.04 bits per heavy atom. The van der Waals surface area contributed by atoms with Gasteiger partial charge in [-0.05, 0) is 46.9 Å². The highest BCUT2D eigenvalue weighted by Gasteiger charge is 2.12. The van der Waals surface area contributed by atoms with Gasteiger partial charge in [-0.2, -0.15) is 0 Å². The molecule has 0 saturated carbocycles. The van der Waals surface area contributed by atoms with Crippen LogP contribution in [0.5, 0.6) is 0 Å². The normalized spacial score (nSPS) is 12.3. The van der Waals surface area contributed by atoms with Gasteiger partial charge in [-0.15, -0.1) is 0 Å². The van der Waals surface area contributed by atoms with E-state index in [9.17, 15) is 13.2 Å². The number of nitrogens with two attached hydrogens (primary N) is 1. The van der Waals surface area contributed by atoms with Gasteiger partial charge < -0.3 is 5.32 Å². The van der Waals surface area contributed by atoms with Crippen LogP contribution in [0, 0.1) is 0 Å². The van der Waals surface area contributed by atoms with Crippen LogP contribution < -0.4 is 10.5 Å². The fourth-order valence-electron chi connectivity index (χ4n) is 2.18. The lowest BCUT2D eigenvalue weighted by molar-refractivity contribution is -0.111. The highest BCUT2D eigenvalue weighted by molar-refractivity contribution is 7.89. The third-order valence-corrected chi connectivity index (χ3v) is 4.58. The maximum atomic E-state index is 12.0. The number of sulfonamides is 1. The van der Waals surface area contributed by atoms with Crippen LogP contribution in [0.1, 0.15) is 31.9 Å². The molecular formula is C19H22N2O3S. The first-order valence-electron chi connectivity index (χ1n) is 7.78. The van der Waals surface area contributed by atoms with Crippen LogP contribution in [-0.2, 0) is 20.2 Å². The monoisotopic (exact) mass is 358 g/mol. The Bertz CT molecular complexity index is 876. The molecule has 0 aliphatic rings. The van der Waals surface area contributed by atoms with Crippen molar-refractivity contribution < 1.29 is 13.2 Å². The Morgan fingerprint density at radius 2 is 1.56 bits per heavy atom. The molecule has 0 fully saturated rings. The van der Waals surface area contributed by atoms with Gasteiger partial charge in [0.25, 0.3) is 0 Å². The molecule has 0 spiro atoms. The van der Waals surface area contributed by atoms with Crippen LogP contribution >= 0.6 is 0 Å². The van der Waals surface area contributed by atoms with Gasteiger partial charge in [0, 0.05) is 11.8 Å². The Balaban J connectivity index is 2.01. The molecule has 0 unspecified atom stereocenters. The molecule has 1 amide bonds. The van der Waals surface area contributed by atoms with E-state index in [2.05, 4.69) is 26.1 Å². The Labute approximate surface area is 148 Å². The summed E-state index contributed by atoms with van der Waals surface area (Å²) in [5, 5.41) is 7.70. The van der Waals surface area contributed by atoms with E-state index >= 15 is 0 Å². The number of anilines is 1. The average molecular weight is 358 g/mol. The number of nitrogens with one attached hydrogen (secondary N) is 1. The lowest BCUT2D eigenvalue weighted by Gasteiger charge is -2.18. The van der Waals surface area contributed by atoms with Crippen LogP contribution in [0.25, 0.3) is 6.08 Å². The second-order valence-electron chi connectivity index (χ2n) is 6.76. The van der Waals surface area contributed by atoms with Gasteiger partial charge in [0.1, 0.15) is 0 Å². The number of benzene rings is 2. The lowest BCUT2D eigenvalue weighted by atomic mass is 9.87. The SMILES string of the molecule is CC(C)(C)c1ccc(C=CC(=O)Nc2ccc(S(N)(=O)=O)cc2)cc1. The number of carbonyl (C=O) groups excluding carboxylic acids is 1. The van der Waals surface area contributed by atoms with Crippen molar-refractivity contribution in [1.82, 2.24) is 0 Å². The molecule has 0 radical (unpaired) electrons. The highest BCUT2D eigenvalue weighted by Crippen LogP contribution is 2.22. The van der Waals surface area contributed by atoms with E-state index in [1.807, 2.05) is 24.3 Å². The number of hydrogen-bond acceptors (Lipinski definition) is 3. The molecule has 2 aromatic carbocycles. The topological polar surface area (TPSA) is 89.3 Å². The van der Waals surface area contributed by atoms with E-state index in [0.717, 1.165) is 5.56 Å². The molecule has 0 saturated heterocycles. The molecule has 3 N–H and O–H groups in total. The summed E-state index contributed by atoms with van der Waals surface area (Å²) in [4.78, 5) is 12.0. The summed E-state index contributed by atoms with van der Waals surface area (Å²) in [6, 6.07) is 13.7. The number of rotatable bonds is 4. The van der Waals surface area contributed by atoms with Gasteiger partial charge in [0.2, 0.25) is 15.9 Å². The van der Waals surface area contributed by atoms with Crippen molar-refractivity contribution in [1.29, 1.82) is 0 Å². The minimum absolute atomic E-state index is 0.0000193. The lowest BCUT2D eigenvalue weighted by Crippen LogP contribution is -2.12. The Kier molecular flexibility index (Phi) is 5.45. The smallest absolute Gasteiger partial charge is 0.248 e. The Hall–Kier alpha value is -2.44. The van der Waals surface area contributed by atoms with Gasteiger partial charge in [0.15, 0.2) is 0 Å². The third-order valence-electron chi connectivity index (χ3n) is 3.65. The maximum absolute atomic E-state index is 12.0. The van der Waals surface area contributed by atoms with E-state index in [1.54, 1.807) is 6.08 Å². The quantitative estimate of drug-likeness (QED) is 0.822. The van der Waals surface area contributed by atoms with E-state index < -0.39 is 10.0 Å². The van der Waals surface area contributed by atoms with Crippen molar-refractivity contribution in [2.24, 2.45) is 5.14 Å². The summed E-state index contributed by atoms with van der Waals surface area (Å²) in [6.07, 6.45) is 3.15. The largest absolute Gasteiger partial charge is 0.323 e. The maximum Gasteiger partial charge on any atom is 0.248 e. The summed E-state index contributed by atoms with van der Waals surface area (Å²) in [7, 11) is -3.74. The first-order valence-corrected chi connectivity index (χ1v) is 9.33. The number of carbonyl (C=O) groups is 1. The van der Waals surface area contributed by atoms with E-state index in [-0.39, 0.29) is 16.2 Å². The molecule has 25 heavy (non-hydrogen) atoms. The average Bonchev–Trinajstić information content (AvgIpc) is 2.52. The molecule has 132 valence electrons. The van der Waals surface area contributed by atoms with Crippen molar-refractivity contribution in [2.45, 2.75) is 31.1 Å². The fraction of sp³-hybridized carbons (Fsp3) is 0.211. The van der Waals surface area contributed by atoms with Gasteiger partial charge in [-0.1, -0.05) is 45.0 Å². The van der Waals surface area contributed by atoms with Crippen molar-refractivity contribution in [3.05, 3.63) is 65.7 Å². The summed E-state index contributed by atoms with van der Waals surface area (Å²) < 4.78 is 22.4. The van der Waals surface area contributed by atoms with Crippen molar-refractivity contribution in [3.63, 3.8) is 0 Å². The zero-order chi connectivity index (χ0) is 18.7. The summed E-state index contributed by atoms with van der Waals surface area (Å²) in [5.41, 5.74) is 2.73. The molecule has 0 aliphatic heterocycles. The van der Waals surface area contributed by atoms with Gasteiger partial charge in [0.05, 0.1) is 4.90 Å². The van der Waals surface area contributed by atoms with Crippen LogP contribution in [0.4, 0.5) is 5.69 Å². The third kappa shape index (κ3) is 5.55. The second-order valence-corrected chi connectivity index (χ2v) is 8.33. The minimum Gasteiger partial charge on any atom is -0.323 e. The number of hydrogen-bond donors (Lipinski definition) is 2. The number of primary sulfonamides is 1. The van der Waals surface area contributed by atoms with Crippen LogP contribution in [0.3, 0.4) is 0 Å². The molecule has 0 atom stereocenters. The molecular weight excluding hydrogens is 336 g/mol. The van der Waals surface area contributed by atoms with Crippen molar-refractivity contribution in [2.75, 3.05) is 5.32 Å². The fourth-order valence-corrected chi connectivity index (χ4v) is 2.69. The zero-order valence-electron chi connectivity index (χ0n) is 14.5. The molecule has 2 aromatic rings. The van der Waals surface area contributed by atoms with Crippen LogP contribution in [0.2, 0.25) is 0 Å². The molecule has 0 aromatic heterocycles. The molecule has 0 bridgehead atoms. The van der Waals surface area contributed by atoms with E-state index in [1.165, 1.54) is 35.9 Å². The molecule has 5 nitrogen and oxygen atoms in total. The zero-order valence-corrected chi connectivity index (χ0v) is 15.3. The van der Waals surface area contributed by atoms with Crippen molar-refractivity contribution in [3.8, 4) is 0 Å². The summed E-state index contributed by atoms with van der Waals surface area (Å²) >= 11 is 0. The first-order chi connectivity index (χ1) is 11.6. The predicted octanol–water partition coefficient (Wildman–Crippen LogP) is 3.28. The Morgan fingerprint density at radius 1 is 1.00 bits per heavy atom. The summed E-state index contributed by atoms with van der Waals surface area (Å²) in [5.74, 6) is -0.303. The molecule has 0 aliphatic carbocycles. The van der Waals surface area contributed by atoms with Crippen molar-refractivity contribution >= 4 is 27.7 Å². The standard InChI is InChI=1S/C19H22N2O3S/c1-19(2,3)15-7-4-14(5-8-15)6-13-18(22)21-16-9-11-17(12-10-16)25(20,23)24/h4-13H,1-3H3,(H,21,22)(H2,20,23,24). The van der Waals surface area contributed by atoms with Crippen LogP contribution in [0.15, 0.2) is 59.5 Å². The van der Waals surface area contributed by atoms with E-state index in [0.29, 0.717) is 5.69 Å². The first kappa shape index (κ1) is 18.9. The number of amides is 1. The van der Waals surface area contributed by atoms with E-state index in [4.69, 9.17) is 5.14 Å². The predicted molar refractivity (Wildman–Crippen MR) is 101 cm³/mol. The molecule has 0 heterocycles. The summed E-state index contributed by atoms with van der Waals surface area (Å²) in [6.45, 7) is 6.44. The van der Waals surface area contributed by atoms with Gasteiger partial charge in [-0.25, -0.2) is 13.6 Å². The molecule has 2 rings (SSSR count). The van der Waals surface area contributed by atoms with Crippen LogP contribution in [-0.4, -0.2) is 14.3 Å². The van der Waals surface area contributed by atoms with Gasteiger partial charge >= 0.3 is 0 Å². The highest BCUT2D eigenvalue weighted by atomic mass is 32.2. The van der Waals surface area contributed by atoms with Gasteiger partial charge in [-0.3, -0.25) is 4.79 Å². The second kappa shape index (κ2) is 7.21. The molecule has 6 heteroatoms. The minimum atomic E-state index is -3.74.